The molecule has 2 aromatic carbocycles. The molecule has 2 N–H and O–H groups in total. The summed E-state index contributed by atoms with van der Waals surface area (Å²) in [5, 5.41) is 2.90. The second-order valence-corrected chi connectivity index (χ2v) is 6.91. The molecule has 0 aliphatic carbocycles. The van der Waals surface area contributed by atoms with Crippen molar-refractivity contribution in [1.29, 1.82) is 0 Å². The lowest BCUT2D eigenvalue weighted by molar-refractivity contribution is 0.101. The van der Waals surface area contributed by atoms with Gasteiger partial charge in [0, 0.05) is 11.3 Å². The molecule has 0 unspecified atom stereocenters. The van der Waals surface area contributed by atoms with Gasteiger partial charge in [0.25, 0.3) is 5.91 Å². The van der Waals surface area contributed by atoms with Crippen molar-refractivity contribution in [2.45, 2.75) is 34.3 Å². The molecule has 0 spiro atoms. The van der Waals surface area contributed by atoms with E-state index < -0.39 is 0 Å². The van der Waals surface area contributed by atoms with Crippen molar-refractivity contribution in [1.82, 2.24) is 4.98 Å². The second kappa shape index (κ2) is 8.13. The third-order valence-electron chi connectivity index (χ3n) is 4.64. The smallest absolute Gasteiger partial charge is 0.272 e. The fourth-order valence-corrected chi connectivity index (χ4v) is 3.28. The maximum atomic E-state index is 12.8. The first-order chi connectivity index (χ1) is 13.4. The number of benzene rings is 2. The lowest BCUT2D eigenvalue weighted by atomic mass is 10.1. The van der Waals surface area contributed by atoms with Crippen LogP contribution in [-0.4, -0.2) is 16.7 Å². The lowest BCUT2D eigenvalue weighted by Gasteiger charge is -2.13. The summed E-state index contributed by atoms with van der Waals surface area (Å²) in [5.41, 5.74) is 4.96. The summed E-state index contributed by atoms with van der Waals surface area (Å²) >= 11 is 0. The van der Waals surface area contributed by atoms with Crippen molar-refractivity contribution in [3.63, 3.8) is 0 Å². The van der Waals surface area contributed by atoms with Gasteiger partial charge in [0.15, 0.2) is 5.78 Å². The average molecular weight is 376 g/mol. The summed E-state index contributed by atoms with van der Waals surface area (Å²) < 4.78 is 5.96. The van der Waals surface area contributed by atoms with E-state index >= 15 is 0 Å². The van der Waals surface area contributed by atoms with Gasteiger partial charge in [-0.2, -0.15) is 0 Å². The van der Waals surface area contributed by atoms with E-state index in [1.807, 2.05) is 55.5 Å². The van der Waals surface area contributed by atoms with Gasteiger partial charge in [0.2, 0.25) is 0 Å². The number of hydrogen-bond donors (Lipinski definition) is 2. The highest BCUT2D eigenvalue weighted by Gasteiger charge is 2.20. The van der Waals surface area contributed by atoms with Crippen molar-refractivity contribution >= 4 is 17.4 Å². The number of Topliss-reactive ketones (excluding diaryl/α,β-unsaturated/α-hetero) is 1. The normalized spacial score (nSPS) is 10.6. The van der Waals surface area contributed by atoms with Crippen LogP contribution in [0, 0.1) is 20.8 Å². The molecule has 0 saturated heterocycles. The number of aromatic nitrogens is 1. The fraction of sp³-hybridized carbons (Fsp3) is 0.217. The summed E-state index contributed by atoms with van der Waals surface area (Å²) in [6.07, 6.45) is 0. The molecule has 1 heterocycles. The maximum absolute atomic E-state index is 12.8. The number of aromatic amines is 1. The highest BCUT2D eigenvalue weighted by atomic mass is 16.5. The number of aryl methyl sites for hydroxylation is 2. The van der Waals surface area contributed by atoms with E-state index in [2.05, 4.69) is 10.3 Å². The van der Waals surface area contributed by atoms with Crippen molar-refractivity contribution in [3.8, 4) is 5.75 Å². The highest BCUT2D eigenvalue weighted by Crippen LogP contribution is 2.28. The first-order valence-corrected chi connectivity index (χ1v) is 9.15. The Hall–Kier alpha value is -3.34. The van der Waals surface area contributed by atoms with E-state index in [4.69, 9.17) is 4.74 Å². The van der Waals surface area contributed by atoms with Gasteiger partial charge >= 0.3 is 0 Å². The van der Waals surface area contributed by atoms with Gasteiger partial charge in [-0.1, -0.05) is 36.4 Å². The number of amides is 1. The summed E-state index contributed by atoms with van der Waals surface area (Å²) in [4.78, 5) is 27.7. The van der Waals surface area contributed by atoms with Crippen LogP contribution < -0.4 is 10.1 Å². The Morgan fingerprint density at radius 3 is 2.39 bits per heavy atom. The fourth-order valence-electron chi connectivity index (χ4n) is 3.28. The molecule has 0 aliphatic rings. The molecule has 0 atom stereocenters. The molecule has 5 nitrogen and oxygen atoms in total. The molecule has 28 heavy (non-hydrogen) atoms. The Balaban J connectivity index is 1.83. The largest absolute Gasteiger partial charge is 0.487 e. The van der Waals surface area contributed by atoms with Crippen molar-refractivity contribution in [3.05, 3.63) is 82.2 Å². The van der Waals surface area contributed by atoms with Crippen LogP contribution in [0.15, 0.2) is 48.5 Å². The van der Waals surface area contributed by atoms with Crippen LogP contribution in [-0.2, 0) is 6.61 Å². The first kappa shape index (κ1) is 19.4. The Morgan fingerprint density at radius 2 is 1.75 bits per heavy atom. The number of carbonyl (C=O) groups is 2. The van der Waals surface area contributed by atoms with Crippen LogP contribution in [0.1, 0.15) is 50.2 Å². The predicted molar refractivity (Wildman–Crippen MR) is 110 cm³/mol. The van der Waals surface area contributed by atoms with Crippen LogP contribution >= 0.6 is 0 Å². The molecule has 144 valence electrons. The Morgan fingerprint density at radius 1 is 1.04 bits per heavy atom. The van der Waals surface area contributed by atoms with Gasteiger partial charge in [-0.15, -0.1) is 0 Å². The van der Waals surface area contributed by atoms with Gasteiger partial charge in [-0.05, 0) is 56.5 Å². The van der Waals surface area contributed by atoms with E-state index in [0.717, 1.165) is 11.1 Å². The van der Waals surface area contributed by atoms with Crippen LogP contribution in [0.5, 0.6) is 5.75 Å². The van der Waals surface area contributed by atoms with Crippen LogP contribution in [0.4, 0.5) is 5.69 Å². The van der Waals surface area contributed by atoms with Crippen molar-refractivity contribution in [2.24, 2.45) is 0 Å². The van der Waals surface area contributed by atoms with E-state index in [1.54, 1.807) is 13.8 Å². The van der Waals surface area contributed by atoms with Crippen LogP contribution in [0.2, 0.25) is 0 Å². The molecule has 3 aromatic rings. The van der Waals surface area contributed by atoms with Gasteiger partial charge in [-0.3, -0.25) is 9.59 Å². The molecule has 0 fully saturated rings. The number of H-pyrrole nitrogens is 1. The summed E-state index contributed by atoms with van der Waals surface area (Å²) in [5.74, 6) is 0.235. The topological polar surface area (TPSA) is 71.2 Å². The molecular formula is C23H24N2O3. The lowest BCUT2D eigenvalue weighted by Crippen LogP contribution is -2.15. The molecule has 1 amide bonds. The Labute approximate surface area is 164 Å². The molecule has 3 rings (SSSR count). The Bertz CT molecular complexity index is 1020. The summed E-state index contributed by atoms with van der Waals surface area (Å²) in [6.45, 7) is 7.44. The molecule has 1 aromatic heterocycles. The van der Waals surface area contributed by atoms with Crippen LogP contribution in [0.25, 0.3) is 0 Å². The first-order valence-electron chi connectivity index (χ1n) is 9.15. The quantitative estimate of drug-likeness (QED) is 0.597. The molecular weight excluding hydrogens is 352 g/mol. The number of ether oxygens (including phenoxy) is 1. The third-order valence-corrected chi connectivity index (χ3v) is 4.64. The molecule has 0 radical (unpaired) electrons. The number of anilines is 1. The number of hydrogen-bond acceptors (Lipinski definition) is 3. The predicted octanol–water partition coefficient (Wildman–Crippen LogP) is 4.97. The van der Waals surface area contributed by atoms with Crippen LogP contribution in [0.3, 0.4) is 0 Å². The minimum atomic E-state index is -0.304. The van der Waals surface area contributed by atoms with Crippen molar-refractivity contribution in [2.75, 3.05) is 5.32 Å². The average Bonchev–Trinajstić information content (AvgIpc) is 2.97. The summed E-state index contributed by atoms with van der Waals surface area (Å²) in [7, 11) is 0. The Kier molecular flexibility index (Phi) is 5.64. The number of ketones is 1. The molecule has 5 heteroatoms. The van der Waals surface area contributed by atoms with Gasteiger partial charge in [0.05, 0.1) is 5.69 Å². The number of nitrogens with one attached hydrogen (secondary N) is 2. The minimum Gasteiger partial charge on any atom is -0.487 e. The van der Waals surface area contributed by atoms with Gasteiger partial charge in [0.1, 0.15) is 18.1 Å². The zero-order valence-corrected chi connectivity index (χ0v) is 16.6. The van der Waals surface area contributed by atoms with Crippen molar-refractivity contribution < 1.29 is 14.3 Å². The van der Waals surface area contributed by atoms with E-state index in [0.29, 0.717) is 40.6 Å². The highest BCUT2D eigenvalue weighted by molar-refractivity contribution is 6.08. The number of rotatable bonds is 6. The minimum absolute atomic E-state index is 0.0625. The molecule has 0 saturated carbocycles. The molecule has 0 aliphatic heterocycles. The zero-order chi connectivity index (χ0) is 20.3. The SMILES string of the molecule is CC(=O)c1c(C)[nH]c(C(=O)Nc2ccc(C)cc2OCc2ccccc2)c1C. The second-order valence-electron chi connectivity index (χ2n) is 6.91. The van der Waals surface area contributed by atoms with E-state index in [9.17, 15) is 9.59 Å². The number of carbonyl (C=O) groups excluding carboxylic acids is 2. The van der Waals surface area contributed by atoms with E-state index in [1.165, 1.54) is 6.92 Å². The standard InChI is InChI=1S/C23H24N2O3/c1-14-10-11-19(20(12-14)28-13-18-8-6-5-7-9-18)25-23(27)22-15(2)21(17(4)26)16(3)24-22/h5-12,24H,13H2,1-4H3,(H,25,27). The van der Waals surface area contributed by atoms with Gasteiger partial charge in [-0.25, -0.2) is 0 Å². The van der Waals surface area contributed by atoms with Gasteiger partial charge < -0.3 is 15.0 Å². The molecule has 0 bridgehead atoms. The zero-order valence-electron chi connectivity index (χ0n) is 16.6. The maximum Gasteiger partial charge on any atom is 0.272 e. The third kappa shape index (κ3) is 4.14. The monoisotopic (exact) mass is 376 g/mol. The summed E-state index contributed by atoms with van der Waals surface area (Å²) in [6, 6.07) is 15.5. The van der Waals surface area contributed by atoms with E-state index in [-0.39, 0.29) is 11.7 Å².